The van der Waals surface area contributed by atoms with Crippen LogP contribution in [0.1, 0.15) is 44.3 Å². The summed E-state index contributed by atoms with van der Waals surface area (Å²) in [7, 11) is 2.08. The molecule has 5 heteroatoms. The van der Waals surface area contributed by atoms with Gasteiger partial charge in [0.15, 0.2) is 5.82 Å². The van der Waals surface area contributed by atoms with Crippen molar-refractivity contribution in [2.24, 2.45) is 23.2 Å². The molecule has 0 atom stereocenters. The van der Waals surface area contributed by atoms with E-state index in [1.54, 1.807) is 6.07 Å². The number of hydrogen-bond acceptors (Lipinski definition) is 4. The summed E-state index contributed by atoms with van der Waals surface area (Å²) in [6.45, 7) is 3.30. The van der Waals surface area contributed by atoms with E-state index in [2.05, 4.69) is 22.4 Å². The number of carbonyl (C=O) groups is 1. The molecule has 126 valence electrons. The van der Waals surface area contributed by atoms with Crippen LogP contribution >= 0.6 is 0 Å². The van der Waals surface area contributed by atoms with Crippen LogP contribution in [0.4, 0.5) is 5.82 Å². The lowest BCUT2D eigenvalue weighted by molar-refractivity contribution is -0.118. The van der Waals surface area contributed by atoms with Crippen molar-refractivity contribution in [1.82, 2.24) is 10.1 Å². The predicted octanol–water partition coefficient (Wildman–Crippen LogP) is 3.07. The normalized spacial score (nSPS) is 35.0. The van der Waals surface area contributed by atoms with Gasteiger partial charge >= 0.3 is 0 Å². The molecule has 4 aliphatic carbocycles. The van der Waals surface area contributed by atoms with Gasteiger partial charge in [0.25, 0.3) is 0 Å². The average molecular weight is 317 g/mol. The third-order valence-electron chi connectivity index (χ3n) is 6.08. The molecule has 0 aliphatic heterocycles. The zero-order valence-electron chi connectivity index (χ0n) is 14.2. The zero-order chi connectivity index (χ0) is 16.0. The van der Waals surface area contributed by atoms with Crippen molar-refractivity contribution in [3.8, 4) is 0 Å². The van der Waals surface area contributed by atoms with E-state index in [1.807, 2.05) is 6.92 Å². The molecule has 1 N–H and O–H groups in total. The average Bonchev–Trinajstić information content (AvgIpc) is 2.81. The van der Waals surface area contributed by atoms with Crippen LogP contribution in [-0.4, -0.2) is 36.1 Å². The Labute approximate surface area is 137 Å². The smallest absolute Gasteiger partial charge is 0.239 e. The van der Waals surface area contributed by atoms with Crippen LogP contribution in [-0.2, 0) is 4.79 Å². The van der Waals surface area contributed by atoms with Crippen molar-refractivity contribution in [2.75, 3.05) is 25.5 Å². The number of anilines is 1. The van der Waals surface area contributed by atoms with Crippen LogP contribution in [0, 0.1) is 30.1 Å². The van der Waals surface area contributed by atoms with Gasteiger partial charge in [-0.15, -0.1) is 0 Å². The Balaban J connectivity index is 1.33. The number of amides is 1. The largest absolute Gasteiger partial charge is 0.360 e. The Kier molecular flexibility index (Phi) is 3.71. The second kappa shape index (κ2) is 5.62. The number of rotatable bonds is 5. The van der Waals surface area contributed by atoms with Crippen LogP contribution in [0.2, 0.25) is 0 Å². The summed E-state index contributed by atoms with van der Waals surface area (Å²) in [6.07, 6.45) is 8.55. The quantitative estimate of drug-likeness (QED) is 0.907. The van der Waals surface area contributed by atoms with Gasteiger partial charge in [0.1, 0.15) is 5.76 Å². The summed E-state index contributed by atoms with van der Waals surface area (Å²) in [4.78, 5) is 14.4. The molecule has 23 heavy (non-hydrogen) atoms. The second-order valence-corrected chi connectivity index (χ2v) is 8.46. The minimum absolute atomic E-state index is 0.00877. The monoisotopic (exact) mass is 317 g/mol. The number of likely N-dealkylation sites (N-methyl/N-ethyl adjacent to an activating group) is 1. The maximum Gasteiger partial charge on any atom is 0.239 e. The van der Waals surface area contributed by atoms with Gasteiger partial charge in [0.05, 0.1) is 6.54 Å². The number of carbonyl (C=O) groups excluding carboxylic acids is 1. The Hall–Kier alpha value is -1.36. The maximum atomic E-state index is 12.2. The van der Waals surface area contributed by atoms with Crippen LogP contribution in [0.25, 0.3) is 0 Å². The first-order valence-corrected chi connectivity index (χ1v) is 8.91. The van der Waals surface area contributed by atoms with Crippen LogP contribution in [0.15, 0.2) is 10.6 Å². The summed E-state index contributed by atoms with van der Waals surface area (Å²) >= 11 is 0. The lowest BCUT2D eigenvalue weighted by Crippen LogP contribution is -2.51. The molecule has 0 unspecified atom stereocenters. The lowest BCUT2D eigenvalue weighted by Gasteiger charge is -2.57. The minimum Gasteiger partial charge on any atom is -0.360 e. The van der Waals surface area contributed by atoms with Gasteiger partial charge < -0.3 is 9.84 Å². The molecule has 0 spiro atoms. The summed E-state index contributed by atoms with van der Waals surface area (Å²) < 4.78 is 4.98. The summed E-state index contributed by atoms with van der Waals surface area (Å²) in [6, 6.07) is 1.75. The van der Waals surface area contributed by atoms with E-state index in [4.69, 9.17) is 4.52 Å². The Morgan fingerprint density at radius 2 is 1.91 bits per heavy atom. The van der Waals surface area contributed by atoms with Gasteiger partial charge in [-0.2, -0.15) is 0 Å². The number of nitrogens with one attached hydrogen (secondary N) is 1. The van der Waals surface area contributed by atoms with Crippen molar-refractivity contribution in [2.45, 2.75) is 45.4 Å². The molecule has 0 saturated heterocycles. The molecular formula is C18H27N3O2. The van der Waals surface area contributed by atoms with Gasteiger partial charge in [0.2, 0.25) is 5.91 Å². The molecule has 4 fully saturated rings. The topological polar surface area (TPSA) is 58.4 Å². The molecule has 1 heterocycles. The van der Waals surface area contributed by atoms with Gasteiger partial charge in [-0.25, -0.2) is 0 Å². The van der Waals surface area contributed by atoms with Crippen molar-refractivity contribution < 1.29 is 9.32 Å². The Bertz CT molecular complexity index is 560. The molecule has 0 aromatic carbocycles. The van der Waals surface area contributed by atoms with E-state index < -0.39 is 0 Å². The summed E-state index contributed by atoms with van der Waals surface area (Å²) in [5.41, 5.74) is 0.480. The number of nitrogens with zero attached hydrogens (tertiary/aromatic N) is 2. The second-order valence-electron chi connectivity index (χ2n) is 8.46. The fraction of sp³-hybridized carbons (Fsp3) is 0.778. The van der Waals surface area contributed by atoms with Crippen molar-refractivity contribution in [3.63, 3.8) is 0 Å². The molecule has 4 bridgehead atoms. The predicted molar refractivity (Wildman–Crippen MR) is 88.0 cm³/mol. The first kappa shape index (κ1) is 15.2. The minimum atomic E-state index is -0.00877. The Morgan fingerprint density at radius 3 is 2.43 bits per heavy atom. The molecule has 4 saturated carbocycles. The van der Waals surface area contributed by atoms with E-state index in [-0.39, 0.29) is 5.91 Å². The highest BCUT2D eigenvalue weighted by molar-refractivity contribution is 5.91. The number of aryl methyl sites for hydroxylation is 1. The van der Waals surface area contributed by atoms with Gasteiger partial charge in [-0.1, -0.05) is 5.16 Å². The molecule has 4 aliphatic rings. The first-order chi connectivity index (χ1) is 11.0. The van der Waals surface area contributed by atoms with E-state index in [9.17, 15) is 4.79 Å². The summed E-state index contributed by atoms with van der Waals surface area (Å²) in [5.74, 6) is 4.09. The molecule has 5 rings (SSSR count). The molecule has 1 aromatic heterocycles. The maximum absolute atomic E-state index is 12.2. The fourth-order valence-electron chi connectivity index (χ4n) is 5.96. The van der Waals surface area contributed by atoms with Crippen molar-refractivity contribution in [1.29, 1.82) is 0 Å². The number of aromatic nitrogens is 1. The lowest BCUT2D eigenvalue weighted by atomic mass is 9.49. The SMILES string of the molecule is Cc1cc(NC(=O)CN(C)CC23CC4CC(CC(C4)C2)C3)no1. The van der Waals surface area contributed by atoms with E-state index in [0.717, 1.165) is 24.3 Å². The standard InChI is InChI=1S/C18H27N3O2/c1-12-3-16(20-23-12)19-17(22)10-21(2)11-18-7-13-4-14(8-18)6-15(5-13)9-18/h3,13-15H,4-11H2,1-2H3,(H,19,20,22). The molecule has 1 aromatic rings. The first-order valence-electron chi connectivity index (χ1n) is 8.91. The molecule has 0 radical (unpaired) electrons. The summed E-state index contributed by atoms with van der Waals surface area (Å²) in [5, 5.41) is 6.63. The van der Waals surface area contributed by atoms with Crippen molar-refractivity contribution in [3.05, 3.63) is 11.8 Å². The number of hydrogen-bond donors (Lipinski definition) is 1. The van der Waals surface area contributed by atoms with E-state index in [0.29, 0.717) is 23.5 Å². The molecular weight excluding hydrogens is 290 g/mol. The highest BCUT2D eigenvalue weighted by Crippen LogP contribution is 2.60. The van der Waals surface area contributed by atoms with Gasteiger partial charge in [0, 0.05) is 12.6 Å². The van der Waals surface area contributed by atoms with Gasteiger partial charge in [-0.3, -0.25) is 9.69 Å². The van der Waals surface area contributed by atoms with Crippen LogP contribution in [0.3, 0.4) is 0 Å². The molecule has 5 nitrogen and oxygen atoms in total. The highest BCUT2D eigenvalue weighted by Gasteiger charge is 2.51. The Morgan fingerprint density at radius 1 is 1.30 bits per heavy atom. The van der Waals surface area contributed by atoms with Crippen molar-refractivity contribution >= 4 is 11.7 Å². The third kappa shape index (κ3) is 3.16. The van der Waals surface area contributed by atoms with E-state index in [1.165, 1.54) is 38.5 Å². The fourth-order valence-corrected chi connectivity index (χ4v) is 5.96. The van der Waals surface area contributed by atoms with E-state index >= 15 is 0 Å². The zero-order valence-corrected chi connectivity index (χ0v) is 14.2. The van der Waals surface area contributed by atoms with Crippen LogP contribution < -0.4 is 5.32 Å². The molecule has 1 amide bonds. The highest BCUT2D eigenvalue weighted by atomic mass is 16.5. The van der Waals surface area contributed by atoms with Crippen LogP contribution in [0.5, 0.6) is 0 Å². The van der Waals surface area contributed by atoms with Gasteiger partial charge in [-0.05, 0) is 75.7 Å². The third-order valence-corrected chi connectivity index (χ3v) is 6.08.